The van der Waals surface area contributed by atoms with E-state index in [9.17, 15) is 10.5 Å². The number of nitrogens with zero attached hydrogens (tertiary/aromatic N) is 2. The Morgan fingerprint density at radius 1 is 0.724 bits per heavy atom. The van der Waals surface area contributed by atoms with Crippen molar-refractivity contribution in [2.45, 2.75) is 45.3 Å². The molecule has 0 unspecified atom stereocenters. The van der Waals surface area contributed by atoms with Crippen LogP contribution in [0.2, 0.25) is 0 Å². The van der Waals surface area contributed by atoms with Gasteiger partial charge in [0.05, 0.1) is 21.6 Å². The lowest BCUT2D eigenvalue weighted by molar-refractivity contribution is 0.757. The van der Waals surface area contributed by atoms with Gasteiger partial charge in [0.25, 0.3) is 0 Å². The highest BCUT2D eigenvalue weighted by atomic mass is 32.3. The zero-order chi connectivity index (χ0) is 21.2. The average Bonchev–Trinajstić information content (AvgIpc) is 3.08. The summed E-state index contributed by atoms with van der Waals surface area (Å²) in [4.78, 5) is 0. The van der Waals surface area contributed by atoms with Crippen molar-refractivity contribution in [1.29, 1.82) is 10.5 Å². The topological polar surface area (TPSA) is 47.6 Å². The number of thioether (sulfide) groups is 4. The van der Waals surface area contributed by atoms with Gasteiger partial charge in [-0.25, -0.2) is 0 Å². The summed E-state index contributed by atoms with van der Waals surface area (Å²) in [5.41, 5.74) is 2.38. The molecule has 150 valence electrons. The minimum absolute atomic E-state index is 0.418. The third-order valence-corrected chi connectivity index (χ3v) is 12.0. The molecule has 1 saturated heterocycles. The molecule has 0 radical (unpaired) electrons. The molecule has 0 saturated carbocycles. The zero-order valence-electron chi connectivity index (χ0n) is 17.0. The van der Waals surface area contributed by atoms with Crippen LogP contribution in [0.25, 0.3) is 0 Å². The van der Waals surface area contributed by atoms with Crippen molar-refractivity contribution in [2.24, 2.45) is 0 Å². The fraction of sp³-hybridized carbons (Fsp3) is 0.391. The second kappa shape index (κ2) is 8.52. The van der Waals surface area contributed by atoms with Crippen LogP contribution in [0.5, 0.6) is 0 Å². The lowest BCUT2D eigenvalue weighted by Gasteiger charge is -2.48. The smallest absolute Gasteiger partial charge is 0.116 e. The molecule has 2 nitrogen and oxygen atoms in total. The number of hydrogen-bond acceptors (Lipinski definition) is 6. The third-order valence-electron chi connectivity index (χ3n) is 4.60. The second-order valence-corrected chi connectivity index (χ2v) is 14.8. The van der Waals surface area contributed by atoms with Crippen LogP contribution in [0.3, 0.4) is 0 Å². The fourth-order valence-electron chi connectivity index (χ4n) is 3.32. The molecular formula is C23H24N2S4. The Labute approximate surface area is 191 Å². The third kappa shape index (κ3) is 4.32. The van der Waals surface area contributed by atoms with Crippen LogP contribution in [-0.4, -0.2) is 14.6 Å². The van der Waals surface area contributed by atoms with E-state index in [1.165, 1.54) is 11.1 Å². The molecule has 3 rings (SSSR count). The van der Waals surface area contributed by atoms with Crippen LogP contribution in [0.15, 0.2) is 60.7 Å². The molecular weight excluding hydrogens is 433 g/mol. The molecule has 0 N–H and O–H groups in total. The van der Waals surface area contributed by atoms with E-state index >= 15 is 0 Å². The largest absolute Gasteiger partial charge is 0.197 e. The molecule has 29 heavy (non-hydrogen) atoms. The first-order chi connectivity index (χ1) is 13.7. The standard InChI is InChI=1S/C23H24N2S4/c1-20(2,15-24)28-22(18-11-7-5-8-12-18)23(27-17-26-22,29-21(3,4)16-25)19-13-9-6-10-14-19/h5-14H,17H2,1-4H3/t22-,23-/m0/s1. The van der Waals surface area contributed by atoms with E-state index < -0.39 is 17.7 Å². The summed E-state index contributed by atoms with van der Waals surface area (Å²) in [6.45, 7) is 7.95. The van der Waals surface area contributed by atoms with Gasteiger partial charge in [-0.3, -0.25) is 0 Å². The maximum absolute atomic E-state index is 9.89. The van der Waals surface area contributed by atoms with E-state index in [1.807, 2.05) is 63.4 Å². The predicted molar refractivity (Wildman–Crippen MR) is 131 cm³/mol. The molecule has 2 aromatic rings. The normalized spacial score (nSPS) is 24.6. The Morgan fingerprint density at radius 2 is 1.07 bits per heavy atom. The van der Waals surface area contributed by atoms with Gasteiger partial charge >= 0.3 is 0 Å². The monoisotopic (exact) mass is 456 g/mol. The van der Waals surface area contributed by atoms with Crippen LogP contribution in [0.4, 0.5) is 0 Å². The number of hydrogen-bond donors (Lipinski definition) is 0. The highest BCUT2D eigenvalue weighted by Crippen LogP contribution is 2.76. The first-order valence-electron chi connectivity index (χ1n) is 9.32. The van der Waals surface area contributed by atoms with E-state index in [0.717, 1.165) is 5.08 Å². The summed E-state index contributed by atoms with van der Waals surface area (Å²) in [5.74, 6) is 0. The predicted octanol–water partition coefficient (Wildman–Crippen LogP) is 7.20. The van der Waals surface area contributed by atoms with Crippen LogP contribution in [-0.2, 0) is 8.16 Å². The average molecular weight is 457 g/mol. The SMILES string of the molecule is CC(C)(C#N)S[C@]1(c2ccccc2)SCS[C@]1(SC(C)(C)C#N)c1ccccc1. The van der Waals surface area contributed by atoms with E-state index in [2.05, 4.69) is 60.7 Å². The summed E-state index contributed by atoms with van der Waals surface area (Å²) in [6, 6.07) is 26.0. The van der Waals surface area contributed by atoms with Gasteiger partial charge in [0.15, 0.2) is 0 Å². The van der Waals surface area contributed by atoms with Gasteiger partial charge in [-0.05, 0) is 38.8 Å². The molecule has 6 heteroatoms. The maximum Gasteiger partial charge on any atom is 0.116 e. The zero-order valence-corrected chi connectivity index (χ0v) is 20.3. The number of nitriles is 2. The first kappa shape index (κ1) is 22.5. The van der Waals surface area contributed by atoms with E-state index in [-0.39, 0.29) is 0 Å². The van der Waals surface area contributed by atoms with E-state index in [4.69, 9.17) is 0 Å². The summed E-state index contributed by atoms with van der Waals surface area (Å²) < 4.78 is -1.99. The van der Waals surface area contributed by atoms with Crippen molar-refractivity contribution in [2.75, 3.05) is 5.08 Å². The molecule has 1 fully saturated rings. The highest BCUT2D eigenvalue weighted by Gasteiger charge is 2.63. The van der Waals surface area contributed by atoms with Gasteiger partial charge in [-0.15, -0.1) is 47.0 Å². The molecule has 0 spiro atoms. The van der Waals surface area contributed by atoms with Crippen molar-refractivity contribution >= 4 is 47.0 Å². The Balaban J connectivity index is 2.32. The Hall–Kier alpha value is -1.18. The Morgan fingerprint density at radius 3 is 1.38 bits per heavy atom. The summed E-state index contributed by atoms with van der Waals surface area (Å²) in [5, 5.41) is 20.7. The molecule has 2 aromatic carbocycles. The Bertz CT molecular complexity index is 853. The van der Waals surface area contributed by atoms with Crippen molar-refractivity contribution < 1.29 is 0 Å². The van der Waals surface area contributed by atoms with Crippen molar-refractivity contribution in [3.05, 3.63) is 71.8 Å². The van der Waals surface area contributed by atoms with Crippen LogP contribution >= 0.6 is 47.0 Å². The molecule has 0 amide bonds. The minimum atomic E-state index is -0.578. The molecule has 1 aliphatic heterocycles. The number of benzene rings is 2. The van der Waals surface area contributed by atoms with E-state index in [0.29, 0.717) is 0 Å². The lowest BCUT2D eigenvalue weighted by atomic mass is 10.0. The molecule has 1 heterocycles. The van der Waals surface area contributed by atoms with Crippen molar-refractivity contribution in [3.63, 3.8) is 0 Å². The lowest BCUT2D eigenvalue weighted by Crippen LogP contribution is -2.42. The number of rotatable bonds is 6. The summed E-state index contributed by atoms with van der Waals surface area (Å²) >= 11 is 7.19. The molecule has 0 bridgehead atoms. The van der Waals surface area contributed by atoms with Gasteiger partial charge < -0.3 is 0 Å². The molecule has 0 aromatic heterocycles. The summed E-state index contributed by atoms with van der Waals surface area (Å²) in [6.07, 6.45) is 0. The van der Waals surface area contributed by atoms with Crippen molar-refractivity contribution in [1.82, 2.24) is 0 Å². The van der Waals surface area contributed by atoms with Crippen LogP contribution < -0.4 is 0 Å². The first-order valence-corrected chi connectivity index (χ1v) is 12.9. The van der Waals surface area contributed by atoms with Crippen molar-refractivity contribution in [3.8, 4) is 12.1 Å². The van der Waals surface area contributed by atoms with Gasteiger partial charge in [0.2, 0.25) is 0 Å². The minimum Gasteiger partial charge on any atom is -0.197 e. The van der Waals surface area contributed by atoms with Gasteiger partial charge in [-0.2, -0.15) is 10.5 Å². The van der Waals surface area contributed by atoms with Gasteiger partial charge in [-0.1, -0.05) is 60.7 Å². The molecule has 1 aliphatic rings. The Kier molecular flexibility index (Phi) is 6.61. The second-order valence-electron chi connectivity index (χ2n) is 7.82. The highest BCUT2D eigenvalue weighted by molar-refractivity contribution is 8.33. The van der Waals surface area contributed by atoms with E-state index in [1.54, 1.807) is 23.5 Å². The molecule has 0 aliphatic carbocycles. The van der Waals surface area contributed by atoms with Gasteiger partial charge in [0.1, 0.15) is 8.16 Å². The van der Waals surface area contributed by atoms with Crippen LogP contribution in [0.1, 0.15) is 38.8 Å². The summed E-state index contributed by atoms with van der Waals surface area (Å²) in [7, 11) is 0. The fourth-order valence-corrected chi connectivity index (χ4v) is 12.4. The quantitative estimate of drug-likeness (QED) is 0.458. The van der Waals surface area contributed by atoms with Gasteiger partial charge in [0, 0.05) is 5.08 Å². The molecule has 2 atom stereocenters. The van der Waals surface area contributed by atoms with Crippen LogP contribution in [0, 0.1) is 22.7 Å². The maximum atomic E-state index is 9.89.